The van der Waals surface area contributed by atoms with Crippen LogP contribution in [-0.2, 0) is 29.4 Å². The Morgan fingerprint density at radius 1 is 0.574 bits per heavy atom. The van der Waals surface area contributed by atoms with Gasteiger partial charge in [-0.25, -0.2) is 0 Å². The van der Waals surface area contributed by atoms with Gasteiger partial charge in [0.2, 0.25) is 0 Å². The molecular formula is C42H50Cl2Si2Zr. The second kappa shape index (κ2) is 12.2. The van der Waals surface area contributed by atoms with Crippen molar-refractivity contribution in [3.63, 3.8) is 0 Å². The fourth-order valence-electron chi connectivity index (χ4n) is 9.57. The Labute approximate surface area is 301 Å². The zero-order chi connectivity index (χ0) is 32.2. The molecule has 0 bridgehead atoms. The van der Waals surface area contributed by atoms with Crippen molar-refractivity contribution in [3.05, 3.63) is 129 Å². The van der Waals surface area contributed by atoms with Crippen LogP contribution in [0.3, 0.4) is 0 Å². The van der Waals surface area contributed by atoms with Crippen LogP contribution in [0.15, 0.2) is 106 Å². The average molecular weight is 773 g/mol. The molecule has 7 rings (SSSR count). The van der Waals surface area contributed by atoms with Gasteiger partial charge in [0.25, 0.3) is 0 Å². The summed E-state index contributed by atoms with van der Waals surface area (Å²) < 4.78 is -0.240. The average Bonchev–Trinajstić information content (AvgIpc) is 3.47. The molecule has 1 saturated heterocycles. The first kappa shape index (κ1) is 36.5. The Balaban J connectivity index is 0.00000217. The molecule has 0 unspecified atom stereocenters. The molecule has 1 aliphatic heterocycles. The van der Waals surface area contributed by atoms with Crippen molar-refractivity contribution in [2.45, 2.75) is 88.6 Å². The molecule has 0 aromatic heterocycles. The molecule has 3 aliphatic rings. The standard InChI is InChI=1S/C33H33.C5H5.C4H12Si2.2ClH.Zr/c1-32(2,3)30-20-26-24(18-28(30)22-13-9-7-10-14-22)17-25-19-29(23-15-11-8-12-16-23)31(21-27(25)26)33(4,5)6;1-2-4-5-3-1;1-5(2)6(3)4;;;/h7-21H,1-6H3;1-3H,4H2;1-4H3;2*1H;/q;;;;;+2/p-2. The van der Waals surface area contributed by atoms with E-state index in [1.54, 1.807) is 11.1 Å². The Hall–Kier alpha value is -1.74. The summed E-state index contributed by atoms with van der Waals surface area (Å²) in [4.78, 5) is 0. The first-order chi connectivity index (χ1) is 21.1. The van der Waals surface area contributed by atoms with E-state index >= 15 is 0 Å². The van der Waals surface area contributed by atoms with Gasteiger partial charge in [0.1, 0.15) is 0 Å². The summed E-state index contributed by atoms with van der Waals surface area (Å²) in [7, 11) is 0. The maximum absolute atomic E-state index is 2.93. The molecule has 0 saturated carbocycles. The van der Waals surface area contributed by atoms with Gasteiger partial charge in [0.15, 0.2) is 0 Å². The van der Waals surface area contributed by atoms with Gasteiger partial charge in [0, 0.05) is 0 Å². The number of benzene rings is 4. The van der Waals surface area contributed by atoms with E-state index in [0.717, 1.165) is 0 Å². The van der Waals surface area contributed by atoms with Crippen molar-refractivity contribution >= 4 is 9.44 Å². The minimum atomic E-state index is -2.93. The zero-order valence-electron chi connectivity index (χ0n) is 29.9. The van der Waals surface area contributed by atoms with Crippen LogP contribution >= 0.6 is 0 Å². The quantitative estimate of drug-likeness (QED) is 0.217. The van der Waals surface area contributed by atoms with Gasteiger partial charge in [-0.15, -0.1) is 0 Å². The Kier molecular flexibility index (Phi) is 9.51. The van der Waals surface area contributed by atoms with Crippen molar-refractivity contribution in [2.24, 2.45) is 0 Å². The number of halogens is 2. The summed E-state index contributed by atoms with van der Waals surface area (Å²) in [5.41, 5.74) is 15.0. The van der Waals surface area contributed by atoms with Gasteiger partial charge in [-0.2, -0.15) is 0 Å². The van der Waals surface area contributed by atoms with Crippen molar-refractivity contribution in [1.29, 1.82) is 0 Å². The molecule has 4 aromatic rings. The van der Waals surface area contributed by atoms with E-state index in [2.05, 4.69) is 171 Å². The van der Waals surface area contributed by atoms with Gasteiger partial charge in [-0.1, -0.05) is 0 Å². The van der Waals surface area contributed by atoms with E-state index in [0.29, 0.717) is 3.63 Å². The maximum Gasteiger partial charge on any atom is -1.00 e. The number of hydrogen-bond donors (Lipinski definition) is 0. The van der Waals surface area contributed by atoms with Gasteiger partial charge < -0.3 is 24.8 Å². The molecule has 0 amide bonds. The largest absolute Gasteiger partial charge is 1.00 e. The van der Waals surface area contributed by atoms with Gasteiger partial charge in [0.05, 0.1) is 0 Å². The van der Waals surface area contributed by atoms with Gasteiger partial charge >= 0.3 is 279 Å². The van der Waals surface area contributed by atoms with Crippen molar-refractivity contribution in [3.8, 4) is 33.4 Å². The summed E-state index contributed by atoms with van der Waals surface area (Å²) in [5, 5.41) is 0. The van der Waals surface area contributed by atoms with Crippen molar-refractivity contribution < 1.29 is 43.4 Å². The molecule has 0 radical (unpaired) electrons. The van der Waals surface area contributed by atoms with Crippen LogP contribution in [0.2, 0.25) is 26.2 Å². The second-order valence-electron chi connectivity index (χ2n) is 17.0. The van der Waals surface area contributed by atoms with E-state index in [9.17, 15) is 0 Å². The smallest absolute Gasteiger partial charge is 1.00 e. The normalized spacial score (nSPS) is 17.8. The monoisotopic (exact) mass is 770 g/mol. The number of fused-ring (bicyclic) bond motifs is 3. The molecule has 5 heteroatoms. The molecule has 4 aromatic carbocycles. The van der Waals surface area contributed by atoms with E-state index in [1.807, 2.05) is 3.28 Å². The molecule has 1 heterocycles. The third-order valence-electron chi connectivity index (χ3n) is 12.3. The third kappa shape index (κ3) is 5.29. The van der Waals surface area contributed by atoms with Crippen LogP contribution < -0.4 is 24.8 Å². The Bertz CT molecular complexity index is 1770. The minimum Gasteiger partial charge on any atom is -1.00 e. The maximum atomic E-state index is 2.83. The van der Waals surface area contributed by atoms with Gasteiger partial charge in [-0.05, 0) is 0 Å². The summed E-state index contributed by atoms with van der Waals surface area (Å²) in [6.07, 6.45) is 8.69. The number of allylic oxidation sites excluding steroid dienone is 4. The molecule has 0 atom stereocenters. The molecule has 2 aliphatic carbocycles. The van der Waals surface area contributed by atoms with Crippen molar-refractivity contribution in [1.82, 2.24) is 0 Å². The fourth-order valence-corrected chi connectivity index (χ4v) is 173. The summed E-state index contributed by atoms with van der Waals surface area (Å²) in [6, 6.07) is 33.2. The van der Waals surface area contributed by atoms with Crippen LogP contribution in [0.1, 0.15) is 73.8 Å². The second-order valence-corrected chi connectivity index (χ2v) is 76.1. The first-order valence-electron chi connectivity index (χ1n) is 17.0. The minimum absolute atomic E-state index is 0. The van der Waals surface area contributed by atoms with Crippen LogP contribution in [-0.4, -0.2) is 9.44 Å². The van der Waals surface area contributed by atoms with E-state index in [4.69, 9.17) is 0 Å². The SMILES string of the molecule is CC(C)(C)c1cc2c(cc1-c1ccccc1)[CH]([Zr+2]1([C]3=CC=CC3)[Si](C)(C)[Si]1(C)C)c1cc(-c3ccccc3)c(C(C)(C)C)cc1-2.[Cl-].[Cl-]. The van der Waals surface area contributed by atoms with Gasteiger partial charge in [-0.3, -0.25) is 0 Å². The van der Waals surface area contributed by atoms with E-state index in [-0.39, 0.29) is 35.6 Å². The Morgan fingerprint density at radius 2 is 0.979 bits per heavy atom. The van der Waals surface area contributed by atoms with E-state index in [1.165, 1.54) is 50.9 Å². The van der Waals surface area contributed by atoms with Crippen LogP contribution in [0.5, 0.6) is 0 Å². The molecule has 244 valence electrons. The number of hydrogen-bond acceptors (Lipinski definition) is 0. The molecule has 0 spiro atoms. The fraction of sp³-hybridized carbons (Fsp3) is 0.333. The molecule has 0 N–H and O–H groups in total. The molecule has 47 heavy (non-hydrogen) atoms. The zero-order valence-corrected chi connectivity index (χ0v) is 35.8. The van der Waals surface area contributed by atoms with Crippen LogP contribution in [0.25, 0.3) is 33.4 Å². The summed E-state index contributed by atoms with van der Waals surface area (Å²) >= 11 is -2.93. The summed E-state index contributed by atoms with van der Waals surface area (Å²) in [6.45, 7) is 25.7. The predicted molar refractivity (Wildman–Crippen MR) is 199 cm³/mol. The van der Waals surface area contributed by atoms with Crippen LogP contribution in [0.4, 0.5) is 0 Å². The number of rotatable bonds is 4. The Morgan fingerprint density at radius 3 is 1.30 bits per heavy atom. The predicted octanol–water partition coefficient (Wildman–Crippen LogP) is 6.19. The first-order valence-corrected chi connectivity index (χ1v) is 34.0. The van der Waals surface area contributed by atoms with E-state index < -0.39 is 28.0 Å². The van der Waals surface area contributed by atoms with Crippen LogP contribution in [0, 0.1) is 0 Å². The van der Waals surface area contributed by atoms with Crippen molar-refractivity contribution in [2.75, 3.05) is 0 Å². The summed E-state index contributed by atoms with van der Waals surface area (Å²) in [5.74, 6) is 0. The molecule has 1 fully saturated rings. The topological polar surface area (TPSA) is 0 Å². The molecule has 0 nitrogen and oxygen atoms in total. The third-order valence-corrected chi connectivity index (χ3v) is 125. The molecular weight excluding hydrogens is 723 g/mol.